The molecule has 0 aromatic heterocycles. The van der Waals surface area contributed by atoms with Crippen molar-refractivity contribution in [2.24, 2.45) is 0 Å². The molecule has 0 aromatic carbocycles. The predicted molar refractivity (Wildman–Crippen MR) is 40.5 cm³/mol. The van der Waals surface area contributed by atoms with Gasteiger partial charge in [0, 0.05) is 12.6 Å². The standard InChI is InChI=1S/C8H15N/c1-3-9-7-5-4-6-8(9)2/h4,6,8H,3,5,7H2,1-2H3. The summed E-state index contributed by atoms with van der Waals surface area (Å²) in [7, 11) is 0. The van der Waals surface area contributed by atoms with Gasteiger partial charge in [-0.1, -0.05) is 19.1 Å². The van der Waals surface area contributed by atoms with Crippen LogP contribution >= 0.6 is 0 Å². The molecule has 0 fully saturated rings. The van der Waals surface area contributed by atoms with Gasteiger partial charge in [0.25, 0.3) is 0 Å². The molecule has 0 radical (unpaired) electrons. The van der Waals surface area contributed by atoms with E-state index in [0.717, 1.165) is 0 Å². The quantitative estimate of drug-likeness (QED) is 0.482. The SMILES string of the molecule is CCN1CCC=CC1C. The van der Waals surface area contributed by atoms with Crippen molar-refractivity contribution in [3.63, 3.8) is 0 Å². The van der Waals surface area contributed by atoms with Crippen LogP contribution in [-0.4, -0.2) is 24.0 Å². The van der Waals surface area contributed by atoms with E-state index in [4.69, 9.17) is 0 Å². The van der Waals surface area contributed by atoms with Crippen molar-refractivity contribution in [3.05, 3.63) is 12.2 Å². The van der Waals surface area contributed by atoms with Gasteiger partial charge in [0.2, 0.25) is 0 Å². The van der Waals surface area contributed by atoms with Crippen molar-refractivity contribution in [2.45, 2.75) is 26.3 Å². The number of hydrogen-bond donors (Lipinski definition) is 0. The molecule has 0 amide bonds. The second-order valence-corrected chi connectivity index (χ2v) is 2.59. The highest BCUT2D eigenvalue weighted by Crippen LogP contribution is 2.07. The van der Waals surface area contributed by atoms with Gasteiger partial charge in [0.1, 0.15) is 0 Å². The van der Waals surface area contributed by atoms with Crippen LogP contribution in [0, 0.1) is 0 Å². The van der Waals surface area contributed by atoms with Crippen molar-refractivity contribution in [1.82, 2.24) is 4.90 Å². The van der Waals surface area contributed by atoms with E-state index in [1.807, 2.05) is 0 Å². The molecule has 0 saturated heterocycles. The molecule has 52 valence electrons. The van der Waals surface area contributed by atoms with Gasteiger partial charge in [-0.3, -0.25) is 4.90 Å². The van der Waals surface area contributed by atoms with E-state index in [1.165, 1.54) is 19.5 Å². The molecule has 1 heteroatoms. The minimum Gasteiger partial charge on any atom is -0.297 e. The monoisotopic (exact) mass is 125 g/mol. The fourth-order valence-corrected chi connectivity index (χ4v) is 1.30. The first kappa shape index (κ1) is 6.81. The van der Waals surface area contributed by atoms with Gasteiger partial charge in [-0.15, -0.1) is 0 Å². The third kappa shape index (κ3) is 1.55. The van der Waals surface area contributed by atoms with Crippen LogP contribution in [-0.2, 0) is 0 Å². The maximum atomic E-state index is 2.47. The Hall–Kier alpha value is -0.300. The highest BCUT2D eigenvalue weighted by molar-refractivity contribution is 4.96. The highest BCUT2D eigenvalue weighted by atomic mass is 15.1. The molecular formula is C8H15N. The van der Waals surface area contributed by atoms with Gasteiger partial charge in [-0.25, -0.2) is 0 Å². The first-order chi connectivity index (χ1) is 4.34. The van der Waals surface area contributed by atoms with Gasteiger partial charge >= 0.3 is 0 Å². The number of rotatable bonds is 1. The third-order valence-corrected chi connectivity index (χ3v) is 1.98. The molecule has 1 aliphatic rings. The predicted octanol–water partition coefficient (Wildman–Crippen LogP) is 1.66. The van der Waals surface area contributed by atoms with Crippen molar-refractivity contribution < 1.29 is 0 Å². The van der Waals surface area contributed by atoms with Crippen LogP contribution in [0.4, 0.5) is 0 Å². The first-order valence-corrected chi connectivity index (χ1v) is 3.75. The molecule has 9 heavy (non-hydrogen) atoms. The molecule has 1 rings (SSSR count). The minimum absolute atomic E-state index is 0.670. The lowest BCUT2D eigenvalue weighted by Crippen LogP contribution is -2.34. The van der Waals surface area contributed by atoms with Gasteiger partial charge in [-0.05, 0) is 19.9 Å². The van der Waals surface area contributed by atoms with Crippen LogP contribution < -0.4 is 0 Å². The third-order valence-electron chi connectivity index (χ3n) is 1.98. The zero-order valence-electron chi connectivity index (χ0n) is 6.30. The second kappa shape index (κ2) is 3.02. The van der Waals surface area contributed by atoms with Gasteiger partial charge in [0.05, 0.1) is 0 Å². The first-order valence-electron chi connectivity index (χ1n) is 3.75. The van der Waals surface area contributed by atoms with Crippen LogP contribution in [0.5, 0.6) is 0 Å². The van der Waals surface area contributed by atoms with E-state index < -0.39 is 0 Å². The highest BCUT2D eigenvalue weighted by Gasteiger charge is 2.10. The average molecular weight is 125 g/mol. The van der Waals surface area contributed by atoms with Crippen LogP contribution in [0.1, 0.15) is 20.3 Å². The molecule has 1 aliphatic heterocycles. The number of likely N-dealkylation sites (N-methyl/N-ethyl adjacent to an activating group) is 1. The van der Waals surface area contributed by atoms with Crippen molar-refractivity contribution in [3.8, 4) is 0 Å². The molecule has 1 heterocycles. The Bertz CT molecular complexity index is 107. The Balaban J connectivity index is 2.44. The van der Waals surface area contributed by atoms with Crippen LogP contribution in [0.2, 0.25) is 0 Å². The Morgan fingerprint density at radius 2 is 2.44 bits per heavy atom. The summed E-state index contributed by atoms with van der Waals surface area (Å²) in [6, 6.07) is 0.670. The van der Waals surface area contributed by atoms with E-state index in [2.05, 4.69) is 30.9 Å². The number of hydrogen-bond acceptors (Lipinski definition) is 1. The van der Waals surface area contributed by atoms with Crippen molar-refractivity contribution in [2.75, 3.05) is 13.1 Å². The van der Waals surface area contributed by atoms with Crippen molar-refractivity contribution in [1.29, 1.82) is 0 Å². The molecule has 1 unspecified atom stereocenters. The Morgan fingerprint density at radius 1 is 1.67 bits per heavy atom. The maximum absolute atomic E-state index is 2.47. The van der Waals surface area contributed by atoms with Gasteiger partial charge in [-0.2, -0.15) is 0 Å². The summed E-state index contributed by atoms with van der Waals surface area (Å²) in [6.07, 6.45) is 5.79. The van der Waals surface area contributed by atoms with E-state index in [-0.39, 0.29) is 0 Å². The molecule has 0 aromatic rings. The van der Waals surface area contributed by atoms with E-state index >= 15 is 0 Å². The molecule has 0 aliphatic carbocycles. The number of nitrogens with zero attached hydrogens (tertiary/aromatic N) is 1. The fraction of sp³-hybridized carbons (Fsp3) is 0.750. The Kier molecular flexibility index (Phi) is 2.29. The summed E-state index contributed by atoms with van der Waals surface area (Å²) in [6.45, 7) is 6.90. The molecular weight excluding hydrogens is 110 g/mol. The molecule has 0 N–H and O–H groups in total. The minimum atomic E-state index is 0.670. The summed E-state index contributed by atoms with van der Waals surface area (Å²) in [5.41, 5.74) is 0. The summed E-state index contributed by atoms with van der Waals surface area (Å²) in [5.74, 6) is 0. The Morgan fingerprint density at radius 3 is 2.89 bits per heavy atom. The zero-order chi connectivity index (χ0) is 6.69. The van der Waals surface area contributed by atoms with Gasteiger partial charge in [0.15, 0.2) is 0 Å². The van der Waals surface area contributed by atoms with Crippen molar-refractivity contribution >= 4 is 0 Å². The maximum Gasteiger partial charge on any atom is 0.0249 e. The summed E-state index contributed by atoms with van der Waals surface area (Å²) >= 11 is 0. The molecule has 0 saturated carbocycles. The lowest BCUT2D eigenvalue weighted by atomic mass is 10.1. The largest absolute Gasteiger partial charge is 0.297 e. The lowest BCUT2D eigenvalue weighted by molar-refractivity contribution is 0.248. The van der Waals surface area contributed by atoms with Crippen LogP contribution in [0.15, 0.2) is 12.2 Å². The van der Waals surface area contributed by atoms with E-state index in [0.29, 0.717) is 6.04 Å². The van der Waals surface area contributed by atoms with Crippen LogP contribution in [0.3, 0.4) is 0 Å². The fourth-order valence-electron chi connectivity index (χ4n) is 1.30. The topological polar surface area (TPSA) is 3.24 Å². The molecule has 0 bridgehead atoms. The smallest absolute Gasteiger partial charge is 0.0249 e. The average Bonchev–Trinajstić information content (AvgIpc) is 1.89. The van der Waals surface area contributed by atoms with Gasteiger partial charge < -0.3 is 0 Å². The molecule has 1 nitrogen and oxygen atoms in total. The Labute approximate surface area is 57.4 Å². The summed E-state index contributed by atoms with van der Waals surface area (Å²) in [5, 5.41) is 0. The normalized spacial score (nSPS) is 28.9. The van der Waals surface area contributed by atoms with E-state index in [9.17, 15) is 0 Å². The molecule has 0 spiro atoms. The van der Waals surface area contributed by atoms with Crippen LogP contribution in [0.25, 0.3) is 0 Å². The summed E-state index contributed by atoms with van der Waals surface area (Å²) in [4.78, 5) is 2.47. The lowest BCUT2D eigenvalue weighted by Gasteiger charge is -2.27. The molecule has 1 atom stereocenters. The summed E-state index contributed by atoms with van der Waals surface area (Å²) < 4.78 is 0. The second-order valence-electron chi connectivity index (χ2n) is 2.59. The van der Waals surface area contributed by atoms with E-state index in [1.54, 1.807) is 0 Å². The zero-order valence-corrected chi connectivity index (χ0v) is 6.30.